The van der Waals surface area contributed by atoms with E-state index in [0.717, 1.165) is 5.69 Å². The van der Waals surface area contributed by atoms with E-state index in [0.29, 0.717) is 5.16 Å². The fourth-order valence-electron chi connectivity index (χ4n) is 1.45. The molecule has 0 radical (unpaired) electrons. The van der Waals surface area contributed by atoms with E-state index in [1.807, 2.05) is 30.3 Å². The molecule has 1 N–H and O–H groups in total. The molecule has 2 rings (SSSR count). The number of amides is 1. The number of aromatic nitrogens is 2. The Hall–Kier alpha value is -2.08. The van der Waals surface area contributed by atoms with Crippen LogP contribution in [0, 0.1) is 0 Å². The first kappa shape index (κ1) is 13.4. The van der Waals surface area contributed by atoms with Gasteiger partial charge in [-0.2, -0.15) is 0 Å². The van der Waals surface area contributed by atoms with Crippen molar-refractivity contribution in [1.82, 2.24) is 9.97 Å². The number of hydrogen-bond donors (Lipinski definition) is 1. The largest absolute Gasteiger partial charge is 0.315 e. The molecular weight excluding hydrogens is 262 g/mol. The summed E-state index contributed by atoms with van der Waals surface area (Å²) in [6.45, 7) is 0. The van der Waals surface area contributed by atoms with Gasteiger partial charge in [0.25, 0.3) is 5.56 Å². The Morgan fingerprint density at radius 3 is 2.74 bits per heavy atom. The van der Waals surface area contributed by atoms with Crippen LogP contribution in [0.2, 0.25) is 0 Å². The van der Waals surface area contributed by atoms with Gasteiger partial charge in [-0.1, -0.05) is 30.0 Å². The maximum Gasteiger partial charge on any atom is 0.251 e. The quantitative estimate of drug-likeness (QED) is 0.678. The summed E-state index contributed by atoms with van der Waals surface area (Å²) in [5.74, 6) is 0.168. The van der Waals surface area contributed by atoms with Crippen LogP contribution in [0.4, 0.5) is 5.69 Å². The molecule has 98 valence electrons. The summed E-state index contributed by atoms with van der Waals surface area (Å²) in [6.07, 6.45) is 1.42. The summed E-state index contributed by atoms with van der Waals surface area (Å²) < 4.78 is 0. The van der Waals surface area contributed by atoms with Crippen LogP contribution >= 0.6 is 11.8 Å². The molecule has 0 atom stereocenters. The lowest BCUT2D eigenvalue weighted by molar-refractivity contribution is -0.115. The number of H-pyrrole nitrogens is 1. The van der Waals surface area contributed by atoms with Gasteiger partial charge in [0.15, 0.2) is 5.16 Å². The van der Waals surface area contributed by atoms with E-state index in [-0.39, 0.29) is 17.2 Å². The van der Waals surface area contributed by atoms with E-state index in [4.69, 9.17) is 0 Å². The van der Waals surface area contributed by atoms with Crippen molar-refractivity contribution < 1.29 is 4.79 Å². The number of nitrogens with one attached hydrogen (secondary N) is 1. The molecule has 0 saturated heterocycles. The van der Waals surface area contributed by atoms with Crippen LogP contribution in [0.15, 0.2) is 52.5 Å². The third-order valence-corrected chi connectivity index (χ3v) is 3.37. The molecule has 2 aromatic rings. The molecular formula is C13H13N3O2S. The van der Waals surface area contributed by atoms with Gasteiger partial charge in [0.1, 0.15) is 0 Å². The standard InChI is InChI=1S/C13H13N3O2S/c1-16(10-5-3-2-4-6-10)12(18)9-19-13-14-8-7-11(17)15-13/h2-8H,9H2,1H3,(H,14,15,17). The van der Waals surface area contributed by atoms with Crippen LogP contribution in [0.3, 0.4) is 0 Å². The predicted molar refractivity (Wildman–Crippen MR) is 75.4 cm³/mol. The van der Waals surface area contributed by atoms with Crippen molar-refractivity contribution in [2.45, 2.75) is 5.16 Å². The number of rotatable bonds is 4. The zero-order chi connectivity index (χ0) is 13.7. The fourth-order valence-corrected chi connectivity index (χ4v) is 2.21. The topological polar surface area (TPSA) is 66.1 Å². The van der Waals surface area contributed by atoms with Crippen LogP contribution in [-0.4, -0.2) is 28.7 Å². The zero-order valence-corrected chi connectivity index (χ0v) is 11.2. The SMILES string of the molecule is CN(C(=O)CSc1nccc(=O)[nH]1)c1ccccc1. The van der Waals surface area contributed by atoms with Crippen molar-refractivity contribution in [2.75, 3.05) is 17.7 Å². The molecule has 5 nitrogen and oxygen atoms in total. The first-order chi connectivity index (χ1) is 9.16. The van der Waals surface area contributed by atoms with Gasteiger partial charge in [0.2, 0.25) is 5.91 Å². The molecule has 19 heavy (non-hydrogen) atoms. The van der Waals surface area contributed by atoms with Gasteiger partial charge in [-0.05, 0) is 12.1 Å². The number of carbonyl (C=O) groups is 1. The van der Waals surface area contributed by atoms with Crippen LogP contribution in [-0.2, 0) is 4.79 Å². The molecule has 6 heteroatoms. The van der Waals surface area contributed by atoms with Crippen LogP contribution in [0.5, 0.6) is 0 Å². The van der Waals surface area contributed by atoms with E-state index in [1.165, 1.54) is 24.0 Å². The number of hydrogen-bond acceptors (Lipinski definition) is 4. The van der Waals surface area contributed by atoms with Crippen LogP contribution in [0.25, 0.3) is 0 Å². The second kappa shape index (κ2) is 6.19. The minimum absolute atomic E-state index is 0.0531. The van der Waals surface area contributed by atoms with E-state index >= 15 is 0 Å². The Kier molecular flexibility index (Phi) is 4.35. The lowest BCUT2D eigenvalue weighted by atomic mass is 10.3. The molecule has 1 aromatic heterocycles. The summed E-state index contributed by atoms with van der Waals surface area (Å²) in [6, 6.07) is 10.7. The molecule has 1 amide bonds. The Morgan fingerprint density at radius 2 is 2.05 bits per heavy atom. The summed E-state index contributed by atoms with van der Waals surface area (Å²) in [7, 11) is 1.72. The highest BCUT2D eigenvalue weighted by atomic mass is 32.2. The van der Waals surface area contributed by atoms with Crippen LogP contribution < -0.4 is 10.5 Å². The monoisotopic (exact) mass is 275 g/mol. The van der Waals surface area contributed by atoms with Crippen molar-refractivity contribution in [3.63, 3.8) is 0 Å². The van der Waals surface area contributed by atoms with Gasteiger partial charge in [0.05, 0.1) is 5.75 Å². The Balaban J connectivity index is 1.96. The normalized spacial score (nSPS) is 10.2. The van der Waals surface area contributed by atoms with Gasteiger partial charge >= 0.3 is 0 Å². The average Bonchev–Trinajstić information content (AvgIpc) is 2.45. The minimum Gasteiger partial charge on any atom is -0.315 e. The van der Waals surface area contributed by atoms with Gasteiger partial charge in [-0.25, -0.2) is 4.98 Å². The van der Waals surface area contributed by atoms with E-state index < -0.39 is 0 Å². The second-order valence-electron chi connectivity index (χ2n) is 3.82. The molecule has 1 heterocycles. The number of anilines is 1. The number of benzene rings is 1. The second-order valence-corrected chi connectivity index (χ2v) is 4.78. The third kappa shape index (κ3) is 3.69. The van der Waals surface area contributed by atoms with Crippen molar-refractivity contribution >= 4 is 23.4 Å². The molecule has 0 aliphatic rings. The molecule has 0 aliphatic carbocycles. The molecule has 0 spiro atoms. The Bertz CT molecular complexity index is 613. The van der Waals surface area contributed by atoms with Crippen molar-refractivity contribution in [3.8, 4) is 0 Å². The number of para-hydroxylation sites is 1. The van der Waals surface area contributed by atoms with Crippen LogP contribution in [0.1, 0.15) is 0 Å². The number of carbonyl (C=O) groups excluding carboxylic acids is 1. The Labute approximate surface area is 114 Å². The molecule has 1 aromatic carbocycles. The third-order valence-electron chi connectivity index (χ3n) is 2.50. The molecule has 0 fully saturated rings. The highest BCUT2D eigenvalue weighted by Gasteiger charge is 2.11. The first-order valence-electron chi connectivity index (χ1n) is 5.66. The summed E-state index contributed by atoms with van der Waals surface area (Å²) >= 11 is 1.21. The highest BCUT2D eigenvalue weighted by molar-refractivity contribution is 7.99. The van der Waals surface area contributed by atoms with Gasteiger partial charge in [-0.3, -0.25) is 9.59 Å². The van der Waals surface area contributed by atoms with E-state index in [2.05, 4.69) is 9.97 Å². The highest BCUT2D eigenvalue weighted by Crippen LogP contribution is 2.15. The lowest BCUT2D eigenvalue weighted by Crippen LogP contribution is -2.28. The first-order valence-corrected chi connectivity index (χ1v) is 6.65. The average molecular weight is 275 g/mol. The maximum atomic E-state index is 12.0. The zero-order valence-electron chi connectivity index (χ0n) is 10.4. The van der Waals surface area contributed by atoms with E-state index in [1.54, 1.807) is 11.9 Å². The fraction of sp³-hybridized carbons (Fsp3) is 0.154. The van der Waals surface area contributed by atoms with Crippen molar-refractivity contribution in [3.05, 3.63) is 52.9 Å². The number of nitrogens with zero attached hydrogens (tertiary/aromatic N) is 2. The minimum atomic E-state index is -0.221. The molecule has 0 unspecified atom stereocenters. The van der Waals surface area contributed by atoms with Gasteiger partial charge in [0, 0.05) is 25.0 Å². The smallest absolute Gasteiger partial charge is 0.251 e. The summed E-state index contributed by atoms with van der Waals surface area (Å²) in [4.78, 5) is 31.2. The maximum absolute atomic E-state index is 12.0. The Morgan fingerprint density at radius 1 is 1.32 bits per heavy atom. The number of thioether (sulfide) groups is 1. The number of aromatic amines is 1. The molecule has 0 saturated carbocycles. The van der Waals surface area contributed by atoms with Crippen molar-refractivity contribution in [2.24, 2.45) is 0 Å². The molecule has 0 aliphatic heterocycles. The molecule has 0 bridgehead atoms. The van der Waals surface area contributed by atoms with Crippen molar-refractivity contribution in [1.29, 1.82) is 0 Å². The predicted octanol–water partition coefficient (Wildman–Crippen LogP) is 1.53. The van der Waals surface area contributed by atoms with Gasteiger partial charge < -0.3 is 9.88 Å². The summed E-state index contributed by atoms with van der Waals surface area (Å²) in [5, 5.41) is 0.447. The summed E-state index contributed by atoms with van der Waals surface area (Å²) in [5.41, 5.74) is 0.615. The van der Waals surface area contributed by atoms with E-state index in [9.17, 15) is 9.59 Å². The lowest BCUT2D eigenvalue weighted by Gasteiger charge is -2.16. The van der Waals surface area contributed by atoms with Gasteiger partial charge in [-0.15, -0.1) is 0 Å².